The van der Waals surface area contributed by atoms with Crippen LogP contribution < -0.4 is 0 Å². The smallest absolute Gasteiger partial charge is 0.314 e. The van der Waals surface area contributed by atoms with Crippen molar-refractivity contribution in [2.45, 2.75) is 36.9 Å². The number of carboxylic acid groups (broad SMARTS) is 1. The van der Waals surface area contributed by atoms with Crippen LogP contribution in [0.15, 0.2) is 17.5 Å². The Morgan fingerprint density at radius 1 is 1.22 bits per heavy atom. The summed E-state index contributed by atoms with van der Waals surface area (Å²) in [6.45, 7) is 1.25. The Hall–Kier alpha value is -0.910. The minimum absolute atomic E-state index is 0.504. The molecule has 1 aromatic heterocycles. The summed E-state index contributed by atoms with van der Waals surface area (Å²) in [5.74, 6) is -1.23. The van der Waals surface area contributed by atoms with Gasteiger partial charge in [0.15, 0.2) is 5.79 Å². The molecule has 1 aromatic rings. The van der Waals surface area contributed by atoms with Crippen molar-refractivity contribution in [3.05, 3.63) is 22.4 Å². The van der Waals surface area contributed by atoms with Crippen LogP contribution in [0.4, 0.5) is 0 Å². The monoisotopic (exact) mass is 268 g/mol. The molecule has 18 heavy (non-hydrogen) atoms. The highest BCUT2D eigenvalue weighted by Crippen LogP contribution is 2.47. The molecule has 1 spiro atoms. The highest BCUT2D eigenvalue weighted by atomic mass is 32.1. The zero-order chi connectivity index (χ0) is 12.6. The fraction of sp³-hybridized carbons (Fsp3) is 0.615. The lowest BCUT2D eigenvalue weighted by molar-refractivity contribution is -0.189. The molecule has 98 valence electrons. The van der Waals surface area contributed by atoms with Crippen molar-refractivity contribution in [1.29, 1.82) is 0 Å². The van der Waals surface area contributed by atoms with Crippen LogP contribution in [-0.2, 0) is 19.7 Å². The zero-order valence-corrected chi connectivity index (χ0v) is 10.9. The molecule has 0 aromatic carbocycles. The Morgan fingerprint density at radius 2 is 1.89 bits per heavy atom. The van der Waals surface area contributed by atoms with Crippen LogP contribution in [-0.4, -0.2) is 30.1 Å². The van der Waals surface area contributed by atoms with Crippen molar-refractivity contribution in [3.63, 3.8) is 0 Å². The Bertz CT molecular complexity index is 424. The number of carboxylic acids is 1. The molecule has 1 saturated carbocycles. The Labute approximate surface area is 110 Å². The second-order valence-electron chi connectivity index (χ2n) is 4.97. The first kappa shape index (κ1) is 12.1. The fourth-order valence-electron chi connectivity index (χ4n) is 2.96. The molecule has 1 aliphatic carbocycles. The Balaban J connectivity index is 1.84. The maximum absolute atomic E-state index is 11.7. The summed E-state index contributed by atoms with van der Waals surface area (Å²) in [4.78, 5) is 12.7. The first-order valence-corrected chi connectivity index (χ1v) is 7.10. The van der Waals surface area contributed by atoms with Gasteiger partial charge in [-0.1, -0.05) is 6.07 Å². The predicted octanol–water partition coefficient (Wildman–Crippen LogP) is 2.39. The van der Waals surface area contributed by atoms with E-state index in [0.29, 0.717) is 38.9 Å². The molecule has 1 N–H and O–H groups in total. The lowest BCUT2D eigenvalue weighted by atomic mass is 9.71. The normalized spacial score (nSPS) is 25.3. The van der Waals surface area contributed by atoms with Gasteiger partial charge in [0.2, 0.25) is 0 Å². The summed E-state index contributed by atoms with van der Waals surface area (Å²) in [6, 6.07) is 3.84. The van der Waals surface area contributed by atoms with E-state index >= 15 is 0 Å². The minimum atomic E-state index is -0.741. The lowest BCUT2D eigenvalue weighted by Crippen LogP contribution is -2.45. The molecular weight excluding hydrogens is 252 g/mol. The van der Waals surface area contributed by atoms with Gasteiger partial charge in [0.1, 0.15) is 5.41 Å². The van der Waals surface area contributed by atoms with Crippen LogP contribution in [0.1, 0.15) is 30.6 Å². The number of carbonyl (C=O) groups is 1. The van der Waals surface area contributed by atoms with Crippen molar-refractivity contribution in [1.82, 2.24) is 0 Å². The zero-order valence-electron chi connectivity index (χ0n) is 10.1. The summed E-state index contributed by atoms with van der Waals surface area (Å²) >= 11 is 1.53. The highest BCUT2D eigenvalue weighted by Gasteiger charge is 2.51. The van der Waals surface area contributed by atoms with Crippen molar-refractivity contribution in [2.75, 3.05) is 13.2 Å². The van der Waals surface area contributed by atoms with Gasteiger partial charge in [-0.2, -0.15) is 0 Å². The van der Waals surface area contributed by atoms with Gasteiger partial charge < -0.3 is 14.6 Å². The fourth-order valence-corrected chi connectivity index (χ4v) is 3.94. The Morgan fingerprint density at radius 3 is 2.39 bits per heavy atom. The number of aliphatic carboxylic acids is 1. The van der Waals surface area contributed by atoms with Gasteiger partial charge in [-0.15, -0.1) is 11.3 Å². The average Bonchev–Trinajstić information content (AvgIpc) is 3.02. The summed E-state index contributed by atoms with van der Waals surface area (Å²) in [5.41, 5.74) is -0.741. The van der Waals surface area contributed by atoms with Crippen LogP contribution in [0.5, 0.6) is 0 Å². The second kappa shape index (κ2) is 4.33. The van der Waals surface area contributed by atoms with Crippen molar-refractivity contribution < 1.29 is 19.4 Å². The Kier molecular flexibility index (Phi) is 2.92. The third-order valence-corrected chi connectivity index (χ3v) is 5.16. The average molecular weight is 268 g/mol. The molecule has 0 bridgehead atoms. The number of hydrogen-bond donors (Lipinski definition) is 1. The molecule has 0 unspecified atom stereocenters. The molecule has 3 rings (SSSR count). The molecule has 1 aliphatic heterocycles. The van der Waals surface area contributed by atoms with E-state index in [4.69, 9.17) is 9.47 Å². The van der Waals surface area contributed by atoms with Gasteiger partial charge in [0.25, 0.3) is 0 Å². The number of ether oxygens (including phenoxy) is 2. The topological polar surface area (TPSA) is 55.8 Å². The molecule has 2 aliphatic rings. The van der Waals surface area contributed by atoms with E-state index in [-0.39, 0.29) is 0 Å². The van der Waals surface area contributed by atoms with E-state index in [9.17, 15) is 9.90 Å². The third kappa shape index (κ3) is 1.77. The van der Waals surface area contributed by atoms with Gasteiger partial charge in [-0.05, 0) is 24.3 Å². The maximum Gasteiger partial charge on any atom is 0.314 e. The second-order valence-corrected chi connectivity index (χ2v) is 5.92. The van der Waals surface area contributed by atoms with Gasteiger partial charge in [0.05, 0.1) is 13.2 Å². The van der Waals surface area contributed by atoms with Crippen molar-refractivity contribution >= 4 is 17.3 Å². The standard InChI is InChI=1S/C13H16O4S/c14-11(15)12(10-2-1-9-18-10)3-5-13(6-4-12)16-7-8-17-13/h1-2,9H,3-8H2,(H,14,15). The molecule has 5 heteroatoms. The molecule has 2 heterocycles. The van der Waals surface area contributed by atoms with Gasteiger partial charge in [-0.25, -0.2) is 0 Å². The van der Waals surface area contributed by atoms with Crippen LogP contribution >= 0.6 is 11.3 Å². The van der Waals surface area contributed by atoms with Gasteiger partial charge in [-0.3, -0.25) is 4.79 Å². The van der Waals surface area contributed by atoms with Gasteiger partial charge >= 0.3 is 5.97 Å². The predicted molar refractivity (Wildman–Crippen MR) is 66.7 cm³/mol. The van der Waals surface area contributed by atoms with Crippen LogP contribution in [0.25, 0.3) is 0 Å². The van der Waals surface area contributed by atoms with Crippen molar-refractivity contribution in [3.8, 4) is 0 Å². The first-order valence-electron chi connectivity index (χ1n) is 6.22. The summed E-state index contributed by atoms with van der Waals surface area (Å²) in [6.07, 6.45) is 2.50. The van der Waals surface area contributed by atoms with E-state index in [2.05, 4.69) is 0 Å². The van der Waals surface area contributed by atoms with Crippen LogP contribution in [0, 0.1) is 0 Å². The van der Waals surface area contributed by atoms with E-state index in [0.717, 1.165) is 4.88 Å². The molecule has 2 fully saturated rings. The largest absolute Gasteiger partial charge is 0.481 e. The minimum Gasteiger partial charge on any atom is -0.481 e. The highest BCUT2D eigenvalue weighted by molar-refractivity contribution is 7.10. The van der Waals surface area contributed by atoms with E-state index in [1.807, 2.05) is 17.5 Å². The number of hydrogen-bond acceptors (Lipinski definition) is 4. The van der Waals surface area contributed by atoms with Crippen LogP contribution in [0.3, 0.4) is 0 Å². The molecule has 4 nitrogen and oxygen atoms in total. The number of rotatable bonds is 2. The summed E-state index contributed by atoms with van der Waals surface area (Å²) in [5, 5.41) is 11.6. The number of thiophene rings is 1. The van der Waals surface area contributed by atoms with E-state index in [1.54, 1.807) is 0 Å². The first-order chi connectivity index (χ1) is 8.67. The quantitative estimate of drug-likeness (QED) is 0.894. The third-order valence-electron chi connectivity index (χ3n) is 4.08. The van der Waals surface area contributed by atoms with Crippen LogP contribution in [0.2, 0.25) is 0 Å². The molecule has 1 saturated heterocycles. The SMILES string of the molecule is O=C(O)C1(c2cccs2)CCC2(CC1)OCCO2. The van der Waals surface area contributed by atoms with Gasteiger partial charge in [0, 0.05) is 17.7 Å². The lowest BCUT2D eigenvalue weighted by Gasteiger charge is -2.40. The van der Waals surface area contributed by atoms with E-state index in [1.165, 1.54) is 11.3 Å². The van der Waals surface area contributed by atoms with E-state index < -0.39 is 17.2 Å². The molecular formula is C13H16O4S. The molecule has 0 atom stereocenters. The summed E-state index contributed by atoms with van der Waals surface area (Å²) in [7, 11) is 0. The van der Waals surface area contributed by atoms with Crippen molar-refractivity contribution in [2.24, 2.45) is 0 Å². The maximum atomic E-state index is 11.7. The summed E-state index contributed by atoms with van der Waals surface area (Å²) < 4.78 is 11.3. The molecule has 0 amide bonds. The molecule has 0 radical (unpaired) electrons.